The van der Waals surface area contributed by atoms with Gasteiger partial charge in [0.25, 0.3) is 0 Å². The molecule has 2 aliphatic rings. The van der Waals surface area contributed by atoms with E-state index < -0.39 is 11.7 Å². The Morgan fingerprint density at radius 2 is 2.24 bits per heavy atom. The number of β-amino-alcohol motifs (C(OH)–C–C–N with tert-alkyl or cyclic N) is 1. The Balaban J connectivity index is 2.10. The number of allylic oxidation sites excluding steroid dienone is 1. The maximum atomic E-state index is 12.0. The average molecular weight is 239 g/mol. The number of aliphatic hydroxyl groups is 1. The topological polar surface area (TPSA) is 49.8 Å². The van der Waals surface area contributed by atoms with Crippen molar-refractivity contribution in [1.82, 2.24) is 4.90 Å². The summed E-state index contributed by atoms with van der Waals surface area (Å²) in [5.74, 6) is 0. The van der Waals surface area contributed by atoms with Gasteiger partial charge >= 0.3 is 6.09 Å². The minimum absolute atomic E-state index is 0.0496. The summed E-state index contributed by atoms with van der Waals surface area (Å²) in [5.41, 5.74) is 0.519. The van der Waals surface area contributed by atoms with Crippen LogP contribution in [0.4, 0.5) is 4.79 Å². The molecule has 2 unspecified atom stereocenters. The van der Waals surface area contributed by atoms with E-state index in [1.54, 1.807) is 4.90 Å². The van der Waals surface area contributed by atoms with Crippen molar-refractivity contribution >= 4 is 6.09 Å². The van der Waals surface area contributed by atoms with Gasteiger partial charge in [0.15, 0.2) is 0 Å². The fourth-order valence-electron chi connectivity index (χ4n) is 2.52. The summed E-state index contributed by atoms with van der Waals surface area (Å²) in [5, 5.41) is 9.92. The summed E-state index contributed by atoms with van der Waals surface area (Å²) in [7, 11) is 0. The van der Waals surface area contributed by atoms with Gasteiger partial charge in [0, 0.05) is 0 Å². The number of likely N-dealkylation sites (tertiary alicyclic amines) is 1. The Morgan fingerprint density at radius 1 is 1.53 bits per heavy atom. The number of nitrogens with zero attached hydrogens (tertiary/aromatic N) is 1. The molecule has 1 N–H and O–H groups in total. The number of rotatable bonds is 0. The Bertz CT molecular complexity index is 343. The standard InChI is InChI=1S/C13H21NO3/c1-13(2,3)17-12(16)14-8-11(15)9-6-4-5-7-10(9)14/h6,10-11,15H,4-5,7-8H2,1-3H3. The van der Waals surface area contributed by atoms with E-state index in [2.05, 4.69) is 6.08 Å². The zero-order valence-electron chi connectivity index (χ0n) is 10.8. The van der Waals surface area contributed by atoms with Gasteiger partial charge in [0.2, 0.25) is 0 Å². The molecule has 1 saturated heterocycles. The molecule has 1 heterocycles. The van der Waals surface area contributed by atoms with Crippen LogP contribution in [0.3, 0.4) is 0 Å². The summed E-state index contributed by atoms with van der Waals surface area (Å²) >= 11 is 0. The summed E-state index contributed by atoms with van der Waals surface area (Å²) in [4.78, 5) is 13.7. The number of carbonyl (C=O) groups is 1. The fourth-order valence-corrected chi connectivity index (χ4v) is 2.52. The number of hydrogen-bond acceptors (Lipinski definition) is 3. The second-order valence-electron chi connectivity index (χ2n) is 5.80. The normalized spacial score (nSPS) is 28.7. The van der Waals surface area contributed by atoms with Crippen LogP contribution < -0.4 is 0 Å². The second kappa shape index (κ2) is 4.33. The maximum Gasteiger partial charge on any atom is 0.410 e. The highest BCUT2D eigenvalue weighted by Crippen LogP contribution is 2.33. The summed E-state index contributed by atoms with van der Waals surface area (Å²) in [6, 6.07) is 0.0496. The van der Waals surface area contributed by atoms with E-state index in [1.807, 2.05) is 20.8 Å². The lowest BCUT2D eigenvalue weighted by Gasteiger charge is -2.29. The SMILES string of the molecule is CC(C)(C)OC(=O)N1CC(O)C2=CCCCC21. The van der Waals surface area contributed by atoms with Crippen molar-refractivity contribution in [3.8, 4) is 0 Å². The third-order valence-electron chi connectivity index (χ3n) is 3.21. The van der Waals surface area contributed by atoms with Gasteiger partial charge in [-0.05, 0) is 45.6 Å². The van der Waals surface area contributed by atoms with E-state index in [0.29, 0.717) is 6.54 Å². The first-order valence-electron chi connectivity index (χ1n) is 6.26. The molecule has 0 radical (unpaired) electrons. The van der Waals surface area contributed by atoms with Crippen LogP contribution in [0.1, 0.15) is 40.0 Å². The molecule has 1 aliphatic carbocycles. The lowest BCUT2D eigenvalue weighted by atomic mass is 9.94. The smallest absolute Gasteiger partial charge is 0.410 e. The van der Waals surface area contributed by atoms with Crippen LogP contribution in [0.25, 0.3) is 0 Å². The lowest BCUT2D eigenvalue weighted by molar-refractivity contribution is 0.0205. The summed E-state index contributed by atoms with van der Waals surface area (Å²) < 4.78 is 5.37. The zero-order valence-corrected chi connectivity index (χ0v) is 10.8. The average Bonchev–Trinajstić information content (AvgIpc) is 2.55. The Labute approximate surface area is 102 Å². The third-order valence-corrected chi connectivity index (χ3v) is 3.21. The van der Waals surface area contributed by atoms with Crippen LogP contribution in [0.15, 0.2) is 11.6 Å². The Hall–Kier alpha value is -1.03. The van der Waals surface area contributed by atoms with Crippen molar-refractivity contribution in [2.24, 2.45) is 0 Å². The van der Waals surface area contributed by atoms with E-state index in [1.165, 1.54) is 0 Å². The van der Waals surface area contributed by atoms with E-state index in [0.717, 1.165) is 24.8 Å². The minimum atomic E-state index is -0.507. The number of aliphatic hydroxyl groups excluding tert-OH is 1. The number of amides is 1. The van der Waals surface area contributed by atoms with Gasteiger partial charge in [-0.25, -0.2) is 4.79 Å². The first-order valence-corrected chi connectivity index (χ1v) is 6.26. The molecule has 2 atom stereocenters. The number of fused-ring (bicyclic) bond motifs is 1. The van der Waals surface area contributed by atoms with Gasteiger partial charge in [-0.1, -0.05) is 6.08 Å². The summed E-state index contributed by atoms with van der Waals surface area (Å²) in [6.45, 7) is 5.93. The first-order chi connectivity index (χ1) is 7.88. The molecule has 0 bridgehead atoms. The van der Waals surface area contributed by atoms with Gasteiger partial charge < -0.3 is 9.84 Å². The third kappa shape index (κ3) is 2.63. The fraction of sp³-hybridized carbons (Fsp3) is 0.769. The van der Waals surface area contributed by atoms with Crippen molar-refractivity contribution in [1.29, 1.82) is 0 Å². The molecule has 96 valence electrons. The Morgan fingerprint density at radius 3 is 2.88 bits per heavy atom. The molecule has 1 aliphatic heterocycles. The lowest BCUT2D eigenvalue weighted by Crippen LogP contribution is -2.40. The van der Waals surface area contributed by atoms with Gasteiger partial charge in [-0.3, -0.25) is 4.90 Å². The van der Waals surface area contributed by atoms with Crippen LogP contribution >= 0.6 is 0 Å². The molecule has 4 nitrogen and oxygen atoms in total. The minimum Gasteiger partial charge on any atom is -0.444 e. The van der Waals surface area contributed by atoms with Crippen molar-refractivity contribution in [2.75, 3.05) is 6.54 Å². The van der Waals surface area contributed by atoms with Crippen LogP contribution in [-0.4, -0.2) is 40.4 Å². The van der Waals surface area contributed by atoms with Gasteiger partial charge in [-0.15, -0.1) is 0 Å². The highest BCUT2D eigenvalue weighted by Gasteiger charge is 2.40. The van der Waals surface area contributed by atoms with Crippen LogP contribution in [0.5, 0.6) is 0 Å². The van der Waals surface area contributed by atoms with Crippen LogP contribution in [0, 0.1) is 0 Å². The Kier molecular flexibility index (Phi) is 3.17. The molecule has 0 saturated carbocycles. The highest BCUT2D eigenvalue weighted by atomic mass is 16.6. The number of ether oxygens (including phenoxy) is 1. The number of hydrogen-bond donors (Lipinski definition) is 1. The molecule has 0 aromatic rings. The molecule has 2 rings (SSSR count). The van der Waals surface area contributed by atoms with E-state index in [-0.39, 0.29) is 12.1 Å². The van der Waals surface area contributed by atoms with Crippen LogP contribution in [0.2, 0.25) is 0 Å². The highest BCUT2D eigenvalue weighted by molar-refractivity contribution is 5.70. The number of carbonyl (C=O) groups excluding carboxylic acids is 1. The molecule has 4 heteroatoms. The molecule has 1 fully saturated rings. The molecular formula is C13H21NO3. The van der Waals surface area contributed by atoms with Crippen molar-refractivity contribution in [3.63, 3.8) is 0 Å². The van der Waals surface area contributed by atoms with Gasteiger partial charge in [0.1, 0.15) is 5.60 Å². The molecular weight excluding hydrogens is 218 g/mol. The predicted molar refractivity (Wildman–Crippen MR) is 64.7 cm³/mol. The van der Waals surface area contributed by atoms with Crippen LogP contribution in [-0.2, 0) is 4.74 Å². The van der Waals surface area contributed by atoms with Gasteiger partial charge in [0.05, 0.1) is 18.7 Å². The second-order valence-corrected chi connectivity index (χ2v) is 5.80. The molecule has 0 spiro atoms. The zero-order chi connectivity index (χ0) is 12.6. The van der Waals surface area contributed by atoms with E-state index >= 15 is 0 Å². The molecule has 0 aromatic carbocycles. The van der Waals surface area contributed by atoms with E-state index in [9.17, 15) is 9.90 Å². The van der Waals surface area contributed by atoms with Crippen molar-refractivity contribution in [2.45, 2.75) is 57.8 Å². The molecule has 17 heavy (non-hydrogen) atoms. The molecule has 1 amide bonds. The maximum absolute atomic E-state index is 12.0. The predicted octanol–water partition coefficient (Wildman–Crippen LogP) is 2.08. The quantitative estimate of drug-likeness (QED) is 0.658. The molecule has 0 aromatic heterocycles. The van der Waals surface area contributed by atoms with Crippen molar-refractivity contribution in [3.05, 3.63) is 11.6 Å². The first kappa shape index (κ1) is 12.4. The summed E-state index contributed by atoms with van der Waals surface area (Å²) in [6.07, 6.45) is 4.26. The van der Waals surface area contributed by atoms with Gasteiger partial charge in [-0.2, -0.15) is 0 Å². The monoisotopic (exact) mass is 239 g/mol. The van der Waals surface area contributed by atoms with Crippen molar-refractivity contribution < 1.29 is 14.6 Å². The largest absolute Gasteiger partial charge is 0.444 e. The van der Waals surface area contributed by atoms with E-state index in [4.69, 9.17) is 4.74 Å².